The van der Waals surface area contributed by atoms with Crippen molar-refractivity contribution in [2.24, 2.45) is 0 Å². The van der Waals surface area contributed by atoms with Crippen LogP contribution in [0, 0.1) is 5.82 Å². The summed E-state index contributed by atoms with van der Waals surface area (Å²) in [5.41, 5.74) is 6.32. The Morgan fingerprint density at radius 1 is 1.04 bits per heavy atom. The lowest BCUT2D eigenvalue weighted by molar-refractivity contribution is -0.140. The number of carbonyl (C=O) groups excluding carboxylic acids is 1. The van der Waals surface area contributed by atoms with E-state index in [4.69, 9.17) is 15.2 Å². The van der Waals surface area contributed by atoms with Crippen LogP contribution in [-0.2, 0) is 10.9 Å². The SMILES string of the molecule is Nc1ncnc2c1c(-c1ccc(NC(=O)Nc3ccc(OC4CCN(C5COC5)CC4F)c(C(F)(F)F)c3)c(F)c1)cn2C1CC1. The number of amides is 2. The molecule has 2 aliphatic heterocycles. The molecule has 4 aromatic rings. The molecule has 2 atom stereocenters. The number of hydrogen-bond donors (Lipinski definition) is 3. The van der Waals surface area contributed by atoms with Crippen LogP contribution in [-0.4, -0.2) is 70.1 Å². The van der Waals surface area contributed by atoms with Crippen molar-refractivity contribution >= 4 is 34.3 Å². The first-order chi connectivity index (χ1) is 22.0. The standard InChI is InChI=1S/C31H30F5N7O3/c32-22-9-16(20-11-43(18-3-4-18)29-27(20)28(37)38-15-39-29)1-5-24(22)41-30(44)40-17-2-6-25(21(10-17)31(34,35)36)46-26-7-8-42(12-23(26)33)19-13-45-14-19/h1-2,5-6,9-11,15,18-19,23,26H,3-4,7-8,12-14H2,(H2,37,38,39)(H2,40,41,44). The Balaban J connectivity index is 1.04. The highest BCUT2D eigenvalue weighted by molar-refractivity contribution is 6.02. The fourth-order valence-electron chi connectivity index (χ4n) is 5.93. The van der Waals surface area contributed by atoms with Crippen LogP contribution in [0.4, 0.5) is 43.9 Å². The number of ether oxygens (including phenoxy) is 2. The van der Waals surface area contributed by atoms with E-state index in [1.54, 1.807) is 6.07 Å². The number of anilines is 3. The van der Waals surface area contributed by atoms with Crippen LogP contribution in [0.2, 0.25) is 0 Å². The number of aromatic nitrogens is 3. The largest absolute Gasteiger partial charge is 0.487 e. The molecule has 46 heavy (non-hydrogen) atoms. The molecule has 1 aliphatic carbocycles. The number of alkyl halides is 4. The van der Waals surface area contributed by atoms with Crippen LogP contribution >= 0.6 is 0 Å². The Hall–Kier alpha value is -4.50. The van der Waals surface area contributed by atoms with Crippen molar-refractivity contribution in [3.8, 4) is 16.9 Å². The second-order valence-corrected chi connectivity index (χ2v) is 11.8. The zero-order valence-corrected chi connectivity index (χ0v) is 24.4. The predicted molar refractivity (Wildman–Crippen MR) is 160 cm³/mol. The fourth-order valence-corrected chi connectivity index (χ4v) is 5.93. The third-order valence-corrected chi connectivity index (χ3v) is 8.58. The average molecular weight is 644 g/mol. The molecule has 2 saturated heterocycles. The molecule has 2 amide bonds. The van der Waals surface area contributed by atoms with Crippen molar-refractivity contribution in [1.29, 1.82) is 0 Å². The molecule has 4 heterocycles. The quantitative estimate of drug-likeness (QED) is 0.211. The normalized spacial score (nSPS) is 20.8. The van der Waals surface area contributed by atoms with E-state index < -0.39 is 41.6 Å². The second kappa shape index (κ2) is 11.7. The Kier molecular flexibility index (Phi) is 7.67. The number of nitrogens with one attached hydrogen (secondary N) is 2. The van der Waals surface area contributed by atoms with E-state index in [1.165, 1.54) is 24.5 Å². The predicted octanol–water partition coefficient (Wildman–Crippen LogP) is 6.01. The maximum atomic E-state index is 15.2. The molecule has 2 aromatic carbocycles. The molecule has 1 saturated carbocycles. The highest BCUT2D eigenvalue weighted by atomic mass is 19.4. The number of nitrogens with two attached hydrogens (primary N) is 1. The van der Waals surface area contributed by atoms with E-state index in [1.807, 2.05) is 15.7 Å². The molecule has 7 rings (SSSR count). The van der Waals surface area contributed by atoms with Gasteiger partial charge in [-0.05, 0) is 55.2 Å². The number of carbonyl (C=O) groups is 1. The molecule has 242 valence electrons. The Morgan fingerprint density at radius 3 is 2.52 bits per heavy atom. The summed E-state index contributed by atoms with van der Waals surface area (Å²) in [6.07, 6.45) is -1.95. The summed E-state index contributed by atoms with van der Waals surface area (Å²) < 4.78 is 84.7. The summed E-state index contributed by atoms with van der Waals surface area (Å²) in [5, 5.41) is 5.23. The highest BCUT2D eigenvalue weighted by Gasteiger charge is 2.39. The lowest BCUT2D eigenvalue weighted by Gasteiger charge is -2.42. The Bertz CT molecular complexity index is 1790. The highest BCUT2D eigenvalue weighted by Crippen LogP contribution is 2.43. The lowest BCUT2D eigenvalue weighted by Crippen LogP contribution is -2.56. The van der Waals surface area contributed by atoms with Gasteiger partial charge in [0.25, 0.3) is 0 Å². The number of urea groups is 1. The van der Waals surface area contributed by atoms with E-state index >= 15 is 4.39 Å². The van der Waals surface area contributed by atoms with Crippen LogP contribution in [0.3, 0.4) is 0 Å². The molecule has 4 N–H and O–H groups in total. The number of nitrogen functional groups attached to an aromatic ring is 1. The zero-order valence-electron chi connectivity index (χ0n) is 24.4. The maximum Gasteiger partial charge on any atom is 0.420 e. The molecule has 10 nitrogen and oxygen atoms in total. The van der Waals surface area contributed by atoms with Crippen molar-refractivity contribution in [2.45, 2.75) is 49.8 Å². The van der Waals surface area contributed by atoms with Gasteiger partial charge in [-0.1, -0.05) is 6.07 Å². The molecular weight excluding hydrogens is 613 g/mol. The van der Waals surface area contributed by atoms with Crippen molar-refractivity contribution in [2.75, 3.05) is 42.7 Å². The summed E-state index contributed by atoms with van der Waals surface area (Å²) in [6.45, 7) is 1.54. The van der Waals surface area contributed by atoms with Crippen molar-refractivity contribution in [1.82, 2.24) is 19.4 Å². The number of fused-ring (bicyclic) bond motifs is 1. The van der Waals surface area contributed by atoms with Crippen LogP contribution in [0.1, 0.15) is 30.9 Å². The third kappa shape index (κ3) is 5.91. The van der Waals surface area contributed by atoms with Gasteiger partial charge >= 0.3 is 12.2 Å². The first-order valence-electron chi connectivity index (χ1n) is 14.9. The van der Waals surface area contributed by atoms with Crippen molar-refractivity contribution < 1.29 is 36.2 Å². The molecule has 0 spiro atoms. The van der Waals surface area contributed by atoms with Crippen LogP contribution < -0.4 is 21.1 Å². The van der Waals surface area contributed by atoms with E-state index in [0.717, 1.165) is 18.9 Å². The van der Waals surface area contributed by atoms with E-state index in [2.05, 4.69) is 20.6 Å². The minimum atomic E-state index is -4.85. The van der Waals surface area contributed by atoms with Gasteiger partial charge in [-0.25, -0.2) is 23.5 Å². The molecule has 3 aliphatic rings. The number of likely N-dealkylation sites (tertiary alicyclic amines) is 1. The monoisotopic (exact) mass is 643 g/mol. The molecule has 15 heteroatoms. The summed E-state index contributed by atoms with van der Waals surface area (Å²) in [5.74, 6) is -1.06. The molecule has 2 aromatic heterocycles. The van der Waals surface area contributed by atoms with Crippen LogP contribution in [0.5, 0.6) is 5.75 Å². The first-order valence-corrected chi connectivity index (χ1v) is 14.9. The number of nitrogens with zero attached hydrogens (tertiary/aromatic N) is 4. The van der Waals surface area contributed by atoms with Gasteiger partial charge < -0.3 is 30.4 Å². The molecule has 0 radical (unpaired) electrons. The van der Waals surface area contributed by atoms with Crippen LogP contribution in [0.25, 0.3) is 22.2 Å². The van der Waals surface area contributed by atoms with Crippen molar-refractivity contribution in [3.05, 3.63) is 60.3 Å². The van der Waals surface area contributed by atoms with Gasteiger partial charge in [0, 0.05) is 36.6 Å². The lowest BCUT2D eigenvalue weighted by atomic mass is 10.0. The molecule has 2 unspecified atom stereocenters. The first kappa shape index (κ1) is 30.2. The maximum absolute atomic E-state index is 15.2. The number of rotatable bonds is 7. The molecule has 3 fully saturated rings. The Labute approximate surface area is 259 Å². The summed E-state index contributed by atoms with van der Waals surface area (Å²) in [7, 11) is 0. The van der Waals surface area contributed by atoms with Gasteiger partial charge in [-0.15, -0.1) is 0 Å². The smallest absolute Gasteiger partial charge is 0.420 e. The minimum absolute atomic E-state index is 0.0453. The third-order valence-electron chi connectivity index (χ3n) is 8.58. The number of halogens is 5. The number of hydrogen-bond acceptors (Lipinski definition) is 7. The fraction of sp³-hybridized carbons (Fsp3) is 0.387. The van der Waals surface area contributed by atoms with Gasteiger partial charge in [0.1, 0.15) is 41.6 Å². The van der Waals surface area contributed by atoms with Gasteiger partial charge in [0.15, 0.2) is 0 Å². The van der Waals surface area contributed by atoms with Gasteiger partial charge in [-0.2, -0.15) is 13.2 Å². The minimum Gasteiger partial charge on any atom is -0.487 e. The van der Waals surface area contributed by atoms with E-state index in [0.29, 0.717) is 48.0 Å². The van der Waals surface area contributed by atoms with E-state index in [-0.39, 0.29) is 42.2 Å². The molecule has 0 bridgehead atoms. The second-order valence-electron chi connectivity index (χ2n) is 11.8. The summed E-state index contributed by atoms with van der Waals surface area (Å²) >= 11 is 0. The summed E-state index contributed by atoms with van der Waals surface area (Å²) in [6, 6.07) is 6.54. The average Bonchev–Trinajstić information content (AvgIpc) is 3.74. The van der Waals surface area contributed by atoms with Gasteiger partial charge in [-0.3, -0.25) is 4.90 Å². The van der Waals surface area contributed by atoms with E-state index in [9.17, 15) is 22.4 Å². The van der Waals surface area contributed by atoms with Crippen LogP contribution in [0.15, 0.2) is 48.9 Å². The number of piperidine rings is 1. The molecular formula is C31H30F5N7O3. The summed E-state index contributed by atoms with van der Waals surface area (Å²) in [4.78, 5) is 23.1. The Morgan fingerprint density at radius 2 is 1.85 bits per heavy atom. The zero-order chi connectivity index (χ0) is 32.2. The number of benzene rings is 2. The topological polar surface area (TPSA) is 120 Å². The van der Waals surface area contributed by atoms with Gasteiger partial charge in [0.05, 0.1) is 35.9 Å². The van der Waals surface area contributed by atoms with Gasteiger partial charge in [0.2, 0.25) is 0 Å². The van der Waals surface area contributed by atoms with Crippen molar-refractivity contribution in [3.63, 3.8) is 0 Å².